The third-order valence-electron chi connectivity index (χ3n) is 6.12. The Morgan fingerprint density at radius 2 is 1.81 bits per heavy atom. The van der Waals surface area contributed by atoms with Gasteiger partial charge in [0.2, 0.25) is 5.91 Å². The third-order valence-corrected chi connectivity index (χ3v) is 7.81. The minimum Gasteiger partial charge on any atom is -0.352 e. The van der Waals surface area contributed by atoms with Gasteiger partial charge in [-0.1, -0.05) is 53.0 Å². The van der Waals surface area contributed by atoms with E-state index in [-0.39, 0.29) is 17.6 Å². The van der Waals surface area contributed by atoms with Crippen LogP contribution in [-0.2, 0) is 11.2 Å². The summed E-state index contributed by atoms with van der Waals surface area (Å²) in [5.41, 5.74) is 2.90. The number of nitrogens with one attached hydrogen (secondary N) is 2. The third kappa shape index (κ3) is 5.85. The summed E-state index contributed by atoms with van der Waals surface area (Å²) in [6.07, 6.45) is 2.32. The highest BCUT2D eigenvalue weighted by Gasteiger charge is 2.31. The standard InChI is InChI=1S/C27H23Cl3N4O2S/c1-15-24(27(36)32-22(14-20-3-2-12-37-20)26(35)31-19-9-10-19)33-34(23-11-8-18(29)13-21(23)30)25(15)16-4-6-17(28)7-5-16/h2-8,11-13,19,22H,9-10,14H2,1H3,(H,31,35)(H,32,36)/t22-/m0/s1. The van der Waals surface area contributed by atoms with Crippen molar-refractivity contribution in [2.75, 3.05) is 0 Å². The highest BCUT2D eigenvalue weighted by molar-refractivity contribution is 7.09. The van der Waals surface area contributed by atoms with Gasteiger partial charge in [-0.25, -0.2) is 4.68 Å². The summed E-state index contributed by atoms with van der Waals surface area (Å²) < 4.78 is 1.63. The average Bonchev–Trinajstić information content (AvgIpc) is 3.39. The lowest BCUT2D eigenvalue weighted by Crippen LogP contribution is -2.48. The number of aromatic nitrogens is 2. The molecule has 0 aliphatic heterocycles. The van der Waals surface area contributed by atoms with Crippen LogP contribution in [0.2, 0.25) is 15.1 Å². The molecule has 1 fully saturated rings. The number of carbonyl (C=O) groups is 2. The van der Waals surface area contributed by atoms with Gasteiger partial charge in [0.05, 0.1) is 16.4 Å². The fraction of sp³-hybridized carbons (Fsp3) is 0.222. The van der Waals surface area contributed by atoms with Gasteiger partial charge >= 0.3 is 0 Å². The molecule has 0 radical (unpaired) electrons. The number of halogens is 3. The number of thiophene rings is 1. The molecule has 2 N–H and O–H groups in total. The quantitative estimate of drug-likeness (QED) is 0.253. The fourth-order valence-corrected chi connectivity index (χ4v) is 5.45. The molecule has 0 saturated heterocycles. The van der Waals surface area contributed by atoms with Crippen molar-refractivity contribution in [3.63, 3.8) is 0 Å². The number of nitrogens with zero attached hydrogens (tertiary/aromatic N) is 2. The first-order valence-corrected chi connectivity index (χ1v) is 13.8. The van der Waals surface area contributed by atoms with E-state index in [1.807, 2.05) is 36.6 Å². The van der Waals surface area contributed by atoms with Crippen molar-refractivity contribution < 1.29 is 9.59 Å². The van der Waals surface area contributed by atoms with Crippen molar-refractivity contribution in [3.8, 4) is 16.9 Å². The van der Waals surface area contributed by atoms with E-state index in [2.05, 4.69) is 15.7 Å². The Bertz CT molecular complexity index is 1450. The van der Waals surface area contributed by atoms with Gasteiger partial charge in [0.15, 0.2) is 5.69 Å². The van der Waals surface area contributed by atoms with Crippen LogP contribution < -0.4 is 10.6 Å². The van der Waals surface area contributed by atoms with Crippen LogP contribution in [-0.4, -0.2) is 33.7 Å². The van der Waals surface area contributed by atoms with Crippen LogP contribution in [0.25, 0.3) is 16.9 Å². The molecule has 190 valence electrons. The van der Waals surface area contributed by atoms with E-state index in [0.29, 0.717) is 38.4 Å². The summed E-state index contributed by atoms with van der Waals surface area (Å²) in [6, 6.07) is 15.7. The Kier molecular flexibility index (Phi) is 7.58. The Morgan fingerprint density at radius 1 is 1.08 bits per heavy atom. The molecule has 2 heterocycles. The SMILES string of the molecule is Cc1c(C(=O)N[C@@H](Cc2cccs2)C(=O)NC2CC2)nn(-c2ccc(Cl)cc2Cl)c1-c1ccc(Cl)cc1. The Labute approximate surface area is 233 Å². The molecule has 0 spiro atoms. The number of amides is 2. The maximum Gasteiger partial charge on any atom is 0.272 e. The smallest absolute Gasteiger partial charge is 0.272 e. The Morgan fingerprint density at radius 3 is 2.46 bits per heavy atom. The molecule has 1 atom stereocenters. The van der Waals surface area contributed by atoms with E-state index >= 15 is 0 Å². The lowest BCUT2D eigenvalue weighted by molar-refractivity contribution is -0.123. The first-order valence-electron chi connectivity index (χ1n) is 11.7. The summed E-state index contributed by atoms with van der Waals surface area (Å²) in [7, 11) is 0. The number of benzene rings is 2. The van der Waals surface area contributed by atoms with Crippen LogP contribution >= 0.6 is 46.1 Å². The molecule has 2 aromatic heterocycles. The molecular weight excluding hydrogens is 551 g/mol. The fourth-order valence-electron chi connectivity index (χ4n) is 4.08. The van der Waals surface area contributed by atoms with E-state index in [1.54, 1.807) is 46.4 Å². The lowest BCUT2D eigenvalue weighted by atomic mass is 10.1. The molecule has 10 heteroatoms. The molecule has 5 rings (SSSR count). The topological polar surface area (TPSA) is 76.0 Å². The lowest BCUT2D eigenvalue weighted by Gasteiger charge is -2.17. The van der Waals surface area contributed by atoms with Crippen molar-refractivity contribution >= 4 is 58.0 Å². The van der Waals surface area contributed by atoms with E-state index in [9.17, 15) is 9.59 Å². The van der Waals surface area contributed by atoms with Gasteiger partial charge < -0.3 is 10.6 Å². The number of rotatable bonds is 8. The van der Waals surface area contributed by atoms with Gasteiger partial charge in [-0.3, -0.25) is 9.59 Å². The molecule has 4 aromatic rings. The van der Waals surface area contributed by atoms with Crippen LogP contribution in [0.3, 0.4) is 0 Å². The monoisotopic (exact) mass is 572 g/mol. The van der Waals surface area contributed by atoms with E-state index in [1.165, 1.54) is 0 Å². The molecule has 6 nitrogen and oxygen atoms in total. The van der Waals surface area contributed by atoms with Crippen molar-refractivity contribution in [1.29, 1.82) is 0 Å². The summed E-state index contributed by atoms with van der Waals surface area (Å²) in [5.74, 6) is -0.635. The highest BCUT2D eigenvalue weighted by atomic mass is 35.5. The summed E-state index contributed by atoms with van der Waals surface area (Å²) in [5, 5.41) is 14.0. The maximum absolute atomic E-state index is 13.6. The molecule has 0 unspecified atom stereocenters. The molecule has 1 saturated carbocycles. The second-order valence-electron chi connectivity index (χ2n) is 8.93. The Balaban J connectivity index is 1.53. The molecule has 1 aliphatic carbocycles. The minimum atomic E-state index is -0.727. The van der Waals surface area contributed by atoms with E-state index in [0.717, 1.165) is 23.3 Å². The van der Waals surface area contributed by atoms with Crippen LogP contribution in [0.15, 0.2) is 60.0 Å². The zero-order chi connectivity index (χ0) is 26.1. The molecule has 2 amide bonds. The zero-order valence-electron chi connectivity index (χ0n) is 19.8. The molecule has 0 bridgehead atoms. The van der Waals surface area contributed by atoms with Gasteiger partial charge in [-0.2, -0.15) is 5.10 Å². The van der Waals surface area contributed by atoms with E-state index < -0.39 is 11.9 Å². The maximum atomic E-state index is 13.6. The largest absolute Gasteiger partial charge is 0.352 e. The highest BCUT2D eigenvalue weighted by Crippen LogP contribution is 2.33. The van der Waals surface area contributed by atoms with Gasteiger partial charge in [-0.15, -0.1) is 11.3 Å². The second kappa shape index (κ2) is 10.9. The number of hydrogen-bond acceptors (Lipinski definition) is 4. The minimum absolute atomic E-state index is 0.180. The average molecular weight is 574 g/mol. The summed E-state index contributed by atoms with van der Waals surface area (Å²) in [4.78, 5) is 27.6. The normalized spacial score (nSPS) is 13.8. The van der Waals surface area contributed by atoms with Gasteiger partial charge in [0.1, 0.15) is 6.04 Å². The van der Waals surface area contributed by atoms with Crippen LogP contribution in [0, 0.1) is 6.92 Å². The number of hydrogen-bond donors (Lipinski definition) is 2. The molecule has 37 heavy (non-hydrogen) atoms. The van der Waals surface area contributed by atoms with Crippen molar-refractivity contribution in [1.82, 2.24) is 20.4 Å². The van der Waals surface area contributed by atoms with Gasteiger partial charge in [0, 0.05) is 38.5 Å². The van der Waals surface area contributed by atoms with Crippen LogP contribution in [0.4, 0.5) is 0 Å². The zero-order valence-corrected chi connectivity index (χ0v) is 22.9. The predicted molar refractivity (Wildman–Crippen MR) is 149 cm³/mol. The van der Waals surface area contributed by atoms with Crippen molar-refractivity contribution in [3.05, 3.63) is 91.2 Å². The second-order valence-corrected chi connectivity index (χ2v) is 11.2. The molecule has 2 aromatic carbocycles. The molecule has 1 aliphatic rings. The van der Waals surface area contributed by atoms with Gasteiger partial charge in [-0.05, 0) is 61.5 Å². The van der Waals surface area contributed by atoms with Crippen LogP contribution in [0.1, 0.15) is 33.8 Å². The summed E-state index contributed by atoms with van der Waals surface area (Å²) in [6.45, 7) is 1.82. The Hall–Kier alpha value is -2.84. The predicted octanol–water partition coefficient (Wildman–Crippen LogP) is 6.49. The van der Waals surface area contributed by atoms with Crippen molar-refractivity contribution in [2.45, 2.75) is 38.3 Å². The van der Waals surface area contributed by atoms with E-state index in [4.69, 9.17) is 34.8 Å². The van der Waals surface area contributed by atoms with Crippen LogP contribution in [0.5, 0.6) is 0 Å². The first-order chi connectivity index (χ1) is 17.8. The van der Waals surface area contributed by atoms with Gasteiger partial charge in [0.25, 0.3) is 5.91 Å². The number of carbonyl (C=O) groups excluding carboxylic acids is 2. The molecular formula is C27H23Cl3N4O2S. The van der Waals surface area contributed by atoms with Crippen molar-refractivity contribution in [2.24, 2.45) is 0 Å². The summed E-state index contributed by atoms with van der Waals surface area (Å²) >= 11 is 20.3. The first kappa shape index (κ1) is 25.8.